The summed E-state index contributed by atoms with van der Waals surface area (Å²) in [7, 11) is 1.82. The second-order valence-corrected chi connectivity index (χ2v) is 7.73. The van der Waals surface area contributed by atoms with Crippen LogP contribution in [0.2, 0.25) is 0 Å². The molecule has 3 aromatic heterocycles. The van der Waals surface area contributed by atoms with Gasteiger partial charge in [0.05, 0.1) is 16.9 Å². The number of hydrogen-bond donors (Lipinski definition) is 3. The van der Waals surface area contributed by atoms with E-state index in [2.05, 4.69) is 25.6 Å². The van der Waals surface area contributed by atoms with E-state index in [0.29, 0.717) is 22.2 Å². The van der Waals surface area contributed by atoms with Crippen molar-refractivity contribution < 1.29 is 0 Å². The molecule has 0 bridgehead atoms. The van der Waals surface area contributed by atoms with Gasteiger partial charge in [-0.1, -0.05) is 30.3 Å². The fourth-order valence-corrected chi connectivity index (χ4v) is 4.12. The fraction of sp³-hybridized carbons (Fsp3) is 0.120. The van der Waals surface area contributed by atoms with Gasteiger partial charge in [0.2, 0.25) is 5.95 Å². The first-order chi connectivity index (χ1) is 16.1. The van der Waals surface area contributed by atoms with Crippen LogP contribution in [0.1, 0.15) is 18.7 Å². The number of fused-ring (bicyclic) bond motifs is 2. The summed E-state index contributed by atoms with van der Waals surface area (Å²) in [4.78, 5) is 26.8. The first-order valence-electron chi connectivity index (χ1n) is 10.6. The number of pyridine rings is 2. The third kappa shape index (κ3) is 3.61. The van der Waals surface area contributed by atoms with Crippen LogP contribution in [-0.4, -0.2) is 26.6 Å². The highest BCUT2D eigenvalue weighted by Crippen LogP contribution is 2.28. The summed E-state index contributed by atoms with van der Waals surface area (Å²) in [5.41, 5.74) is 9.46. The van der Waals surface area contributed by atoms with Crippen LogP contribution in [0.15, 0.2) is 77.7 Å². The summed E-state index contributed by atoms with van der Waals surface area (Å²) in [5.74, 6) is 0.671. The van der Waals surface area contributed by atoms with E-state index in [4.69, 9.17) is 5.73 Å². The van der Waals surface area contributed by atoms with Gasteiger partial charge in [0.1, 0.15) is 5.52 Å². The van der Waals surface area contributed by atoms with E-state index in [9.17, 15) is 4.79 Å². The number of benzene rings is 2. The number of aromatic nitrogens is 4. The molecule has 33 heavy (non-hydrogen) atoms. The number of nitrogen functional groups attached to an aromatic ring is 1. The molecule has 164 valence electrons. The number of nitrogens with one attached hydrogen (secondary N) is 2. The normalized spacial score (nSPS) is 12.1. The van der Waals surface area contributed by atoms with Crippen LogP contribution in [0.5, 0.6) is 0 Å². The molecule has 0 unspecified atom stereocenters. The first kappa shape index (κ1) is 20.4. The van der Waals surface area contributed by atoms with Crippen LogP contribution < -0.4 is 21.9 Å². The van der Waals surface area contributed by atoms with Crippen molar-refractivity contribution in [3.05, 3.63) is 89.0 Å². The average Bonchev–Trinajstić information content (AvgIpc) is 2.83. The van der Waals surface area contributed by atoms with Crippen LogP contribution in [0.3, 0.4) is 0 Å². The summed E-state index contributed by atoms with van der Waals surface area (Å²) in [6.45, 7) is 1.98. The van der Waals surface area contributed by atoms with E-state index < -0.39 is 0 Å². The van der Waals surface area contributed by atoms with Crippen molar-refractivity contribution in [3.63, 3.8) is 0 Å². The molecule has 0 radical (unpaired) electrons. The highest BCUT2D eigenvalue weighted by molar-refractivity contribution is 5.94. The Morgan fingerprint density at radius 1 is 1.00 bits per heavy atom. The standard InChI is InChI=1S/C25H23N7O/c1-15(29-23-22-19(12-7-13-28-22)30-25(26)31-23)20-14-16-8-6-11-18(27-2)21(16)24(33)32(20)17-9-4-3-5-10-17/h3-15,27H,1-2H3,(H3,26,29,30,31)/t15-/m0/s1. The lowest BCUT2D eigenvalue weighted by molar-refractivity contribution is 0.774. The number of nitrogens with zero attached hydrogens (tertiary/aromatic N) is 4. The molecule has 8 heteroatoms. The Morgan fingerprint density at radius 3 is 2.61 bits per heavy atom. The van der Waals surface area contributed by atoms with Crippen LogP contribution in [0, 0.1) is 0 Å². The van der Waals surface area contributed by atoms with Gasteiger partial charge in [-0.05, 0) is 48.7 Å². The minimum absolute atomic E-state index is 0.0996. The Hall–Kier alpha value is -4.46. The topological polar surface area (TPSA) is 111 Å². The van der Waals surface area contributed by atoms with Gasteiger partial charge < -0.3 is 16.4 Å². The first-order valence-corrected chi connectivity index (χ1v) is 10.6. The molecule has 0 spiro atoms. The predicted molar refractivity (Wildman–Crippen MR) is 133 cm³/mol. The lowest BCUT2D eigenvalue weighted by Gasteiger charge is -2.22. The smallest absolute Gasteiger partial charge is 0.265 e. The van der Waals surface area contributed by atoms with Gasteiger partial charge in [-0.2, -0.15) is 4.98 Å². The largest absolute Gasteiger partial charge is 0.387 e. The lowest BCUT2D eigenvalue weighted by Crippen LogP contribution is -2.26. The Balaban J connectivity index is 1.72. The molecule has 0 aliphatic carbocycles. The predicted octanol–water partition coefficient (Wildman–Crippen LogP) is 4.13. The molecule has 4 N–H and O–H groups in total. The van der Waals surface area contributed by atoms with Crippen LogP contribution >= 0.6 is 0 Å². The van der Waals surface area contributed by atoms with Crippen LogP contribution in [0.25, 0.3) is 27.5 Å². The van der Waals surface area contributed by atoms with E-state index in [0.717, 1.165) is 22.5 Å². The summed E-state index contributed by atoms with van der Waals surface area (Å²) in [5, 5.41) is 8.03. The molecule has 0 saturated carbocycles. The average molecular weight is 438 g/mol. The van der Waals surface area contributed by atoms with Crippen molar-refractivity contribution in [2.75, 3.05) is 23.4 Å². The molecule has 5 aromatic rings. The molecule has 0 aliphatic rings. The van der Waals surface area contributed by atoms with Gasteiger partial charge in [-0.25, -0.2) is 4.98 Å². The summed E-state index contributed by atoms with van der Waals surface area (Å²) >= 11 is 0. The van der Waals surface area contributed by atoms with Crippen molar-refractivity contribution in [3.8, 4) is 5.69 Å². The zero-order chi connectivity index (χ0) is 22.9. The Morgan fingerprint density at radius 2 is 1.82 bits per heavy atom. The quantitative estimate of drug-likeness (QED) is 0.379. The van der Waals surface area contributed by atoms with E-state index >= 15 is 0 Å². The molecule has 1 atom stereocenters. The zero-order valence-corrected chi connectivity index (χ0v) is 18.3. The molecular formula is C25H23N7O. The molecule has 2 aromatic carbocycles. The SMILES string of the molecule is CNc1cccc2cc([C@H](C)Nc3nc(N)nc4cccnc34)n(-c3ccccc3)c(=O)c12. The van der Waals surface area contributed by atoms with Crippen molar-refractivity contribution in [2.45, 2.75) is 13.0 Å². The van der Waals surface area contributed by atoms with Gasteiger partial charge in [0, 0.05) is 30.3 Å². The third-order valence-corrected chi connectivity index (χ3v) is 5.63. The molecular weight excluding hydrogens is 414 g/mol. The Bertz CT molecular complexity index is 1530. The molecule has 8 nitrogen and oxygen atoms in total. The molecule has 0 aliphatic heterocycles. The summed E-state index contributed by atoms with van der Waals surface area (Å²) in [6.07, 6.45) is 1.69. The minimum atomic E-state index is -0.292. The van der Waals surface area contributed by atoms with Gasteiger partial charge >= 0.3 is 0 Å². The number of nitrogens with two attached hydrogens (primary N) is 1. The maximum absolute atomic E-state index is 13.8. The van der Waals surface area contributed by atoms with E-state index in [1.165, 1.54) is 0 Å². The number of anilines is 3. The van der Waals surface area contributed by atoms with Crippen LogP contribution in [0.4, 0.5) is 17.5 Å². The molecule has 5 rings (SSSR count). The number of para-hydroxylation sites is 1. The minimum Gasteiger partial charge on any atom is -0.387 e. The maximum atomic E-state index is 13.8. The second kappa shape index (κ2) is 8.23. The number of rotatable bonds is 5. The van der Waals surface area contributed by atoms with Gasteiger partial charge in [0.15, 0.2) is 5.82 Å². The van der Waals surface area contributed by atoms with E-state index in [1.807, 2.05) is 74.6 Å². The second-order valence-electron chi connectivity index (χ2n) is 7.73. The Kier molecular flexibility index (Phi) is 5.10. The zero-order valence-electron chi connectivity index (χ0n) is 18.3. The van der Waals surface area contributed by atoms with Crippen molar-refractivity contribution in [1.82, 2.24) is 19.5 Å². The molecule has 3 heterocycles. The highest BCUT2D eigenvalue weighted by Gasteiger charge is 2.19. The van der Waals surface area contributed by atoms with Crippen molar-refractivity contribution in [1.29, 1.82) is 0 Å². The summed E-state index contributed by atoms with van der Waals surface area (Å²) < 4.78 is 1.74. The van der Waals surface area contributed by atoms with Crippen molar-refractivity contribution >= 4 is 39.3 Å². The van der Waals surface area contributed by atoms with Crippen molar-refractivity contribution in [2.24, 2.45) is 0 Å². The summed E-state index contributed by atoms with van der Waals surface area (Å²) in [6, 6.07) is 20.8. The molecule has 0 fully saturated rings. The third-order valence-electron chi connectivity index (χ3n) is 5.63. The fourth-order valence-electron chi connectivity index (χ4n) is 4.12. The van der Waals surface area contributed by atoms with Gasteiger partial charge in [-0.15, -0.1) is 0 Å². The Labute approximate surface area is 190 Å². The van der Waals surface area contributed by atoms with E-state index in [-0.39, 0.29) is 17.5 Å². The van der Waals surface area contributed by atoms with Gasteiger partial charge in [-0.3, -0.25) is 14.3 Å². The monoisotopic (exact) mass is 437 g/mol. The molecule has 0 amide bonds. The highest BCUT2D eigenvalue weighted by atomic mass is 16.1. The van der Waals surface area contributed by atoms with E-state index in [1.54, 1.807) is 16.8 Å². The maximum Gasteiger partial charge on any atom is 0.265 e. The molecule has 0 saturated heterocycles. The lowest BCUT2D eigenvalue weighted by atomic mass is 10.1. The van der Waals surface area contributed by atoms with Crippen LogP contribution in [-0.2, 0) is 0 Å². The van der Waals surface area contributed by atoms with Gasteiger partial charge in [0.25, 0.3) is 5.56 Å². The number of hydrogen-bond acceptors (Lipinski definition) is 7.